The predicted molar refractivity (Wildman–Crippen MR) is 131 cm³/mol. The third kappa shape index (κ3) is 6.27. The number of anilines is 2. The molecule has 7 nitrogen and oxygen atoms in total. The van der Waals surface area contributed by atoms with Crippen molar-refractivity contribution in [1.29, 1.82) is 0 Å². The zero-order chi connectivity index (χ0) is 24.0. The SMILES string of the molecule is COc1ccc(C=CC(=O)Nc2ccc(C)c(S(=O)(=O)Nc3ccc(Cl)cc3)c2)cc1OC. The molecule has 33 heavy (non-hydrogen) atoms. The van der Waals surface area contributed by atoms with E-state index in [0.29, 0.717) is 33.5 Å². The lowest BCUT2D eigenvalue weighted by atomic mass is 10.2. The van der Waals surface area contributed by atoms with Crippen LogP contribution in [0.25, 0.3) is 6.08 Å². The van der Waals surface area contributed by atoms with E-state index in [0.717, 1.165) is 5.56 Å². The van der Waals surface area contributed by atoms with Gasteiger partial charge in [-0.1, -0.05) is 23.7 Å². The van der Waals surface area contributed by atoms with Crippen LogP contribution in [0.2, 0.25) is 5.02 Å². The van der Waals surface area contributed by atoms with Gasteiger partial charge in [0.05, 0.1) is 19.1 Å². The fourth-order valence-electron chi connectivity index (χ4n) is 3.01. The smallest absolute Gasteiger partial charge is 0.262 e. The Hall–Kier alpha value is -3.49. The number of sulfonamides is 1. The van der Waals surface area contributed by atoms with E-state index in [1.165, 1.54) is 19.3 Å². The standard InChI is InChI=1S/C24H23ClN2O5S/c1-16-4-9-20(15-23(16)33(29,30)27-19-10-7-18(25)8-11-19)26-24(28)13-6-17-5-12-21(31-2)22(14-17)32-3/h4-15,27H,1-3H3,(H,26,28). The second kappa shape index (κ2) is 10.4. The fraction of sp³-hybridized carbons (Fsp3) is 0.125. The van der Waals surface area contributed by atoms with Gasteiger partial charge in [0.2, 0.25) is 5.91 Å². The van der Waals surface area contributed by atoms with Gasteiger partial charge in [-0.25, -0.2) is 8.42 Å². The molecule has 0 aliphatic rings. The van der Waals surface area contributed by atoms with Crippen LogP contribution < -0.4 is 19.5 Å². The van der Waals surface area contributed by atoms with Gasteiger partial charge in [0.1, 0.15) is 0 Å². The van der Waals surface area contributed by atoms with Crippen LogP contribution in [0, 0.1) is 6.92 Å². The van der Waals surface area contributed by atoms with Gasteiger partial charge in [-0.3, -0.25) is 9.52 Å². The summed E-state index contributed by atoms with van der Waals surface area (Å²) in [5.74, 6) is 0.712. The van der Waals surface area contributed by atoms with Gasteiger partial charge in [0, 0.05) is 22.5 Å². The zero-order valence-corrected chi connectivity index (χ0v) is 19.8. The molecule has 0 saturated heterocycles. The van der Waals surface area contributed by atoms with Gasteiger partial charge in [-0.05, 0) is 72.7 Å². The molecule has 9 heteroatoms. The molecule has 0 fully saturated rings. The summed E-state index contributed by atoms with van der Waals surface area (Å²) in [5, 5.41) is 3.18. The molecule has 0 radical (unpaired) electrons. The van der Waals surface area contributed by atoms with Crippen LogP contribution in [0.1, 0.15) is 11.1 Å². The number of methoxy groups -OCH3 is 2. The molecule has 0 atom stereocenters. The number of ether oxygens (including phenoxy) is 2. The Balaban J connectivity index is 1.75. The molecular weight excluding hydrogens is 464 g/mol. The van der Waals surface area contributed by atoms with Gasteiger partial charge >= 0.3 is 0 Å². The zero-order valence-electron chi connectivity index (χ0n) is 18.3. The number of rotatable bonds is 8. The largest absolute Gasteiger partial charge is 0.493 e. The first-order chi connectivity index (χ1) is 15.7. The van der Waals surface area contributed by atoms with Crippen molar-refractivity contribution >= 4 is 45.0 Å². The lowest BCUT2D eigenvalue weighted by Gasteiger charge is -2.12. The molecule has 3 aromatic rings. The number of halogens is 1. The summed E-state index contributed by atoms with van der Waals surface area (Å²) < 4.78 is 38.7. The molecule has 0 spiro atoms. The van der Waals surface area contributed by atoms with E-state index in [2.05, 4.69) is 10.0 Å². The number of hydrogen-bond donors (Lipinski definition) is 2. The number of amides is 1. The Morgan fingerprint density at radius 3 is 2.24 bits per heavy atom. The van der Waals surface area contributed by atoms with E-state index in [-0.39, 0.29) is 4.90 Å². The highest BCUT2D eigenvalue weighted by Gasteiger charge is 2.18. The first-order valence-electron chi connectivity index (χ1n) is 9.82. The number of benzene rings is 3. The van der Waals surface area contributed by atoms with Crippen LogP contribution in [0.15, 0.2) is 71.6 Å². The van der Waals surface area contributed by atoms with E-state index >= 15 is 0 Å². The van der Waals surface area contributed by atoms with Crippen molar-refractivity contribution in [3.05, 3.63) is 82.9 Å². The van der Waals surface area contributed by atoms with E-state index in [1.807, 2.05) is 0 Å². The Labute approximate surface area is 198 Å². The third-order valence-corrected chi connectivity index (χ3v) is 6.45. The van der Waals surface area contributed by atoms with Crippen molar-refractivity contribution in [2.75, 3.05) is 24.3 Å². The molecule has 172 valence electrons. The molecule has 0 aromatic heterocycles. The van der Waals surface area contributed by atoms with Gasteiger partial charge in [0.15, 0.2) is 11.5 Å². The summed E-state index contributed by atoms with van der Waals surface area (Å²) in [6.07, 6.45) is 2.96. The van der Waals surface area contributed by atoms with Crippen molar-refractivity contribution in [3.63, 3.8) is 0 Å². The molecule has 1 amide bonds. The fourth-order valence-corrected chi connectivity index (χ4v) is 4.46. The number of carbonyl (C=O) groups excluding carboxylic acids is 1. The van der Waals surface area contributed by atoms with Gasteiger partial charge in [-0.15, -0.1) is 0 Å². The summed E-state index contributed by atoms with van der Waals surface area (Å²) >= 11 is 5.85. The molecule has 2 N–H and O–H groups in total. The van der Waals surface area contributed by atoms with E-state index in [1.54, 1.807) is 74.7 Å². The van der Waals surface area contributed by atoms with Crippen LogP contribution >= 0.6 is 11.6 Å². The second-order valence-corrected chi connectivity index (χ2v) is 9.12. The van der Waals surface area contributed by atoms with Gasteiger partial charge in [-0.2, -0.15) is 0 Å². The number of nitrogens with one attached hydrogen (secondary N) is 2. The lowest BCUT2D eigenvalue weighted by molar-refractivity contribution is -0.111. The average molecular weight is 487 g/mol. The van der Waals surface area contributed by atoms with Crippen LogP contribution in [-0.4, -0.2) is 28.5 Å². The Morgan fingerprint density at radius 2 is 1.58 bits per heavy atom. The Kier molecular flexibility index (Phi) is 7.63. The van der Waals surface area contributed by atoms with Gasteiger partial charge in [0.25, 0.3) is 10.0 Å². The summed E-state index contributed by atoms with van der Waals surface area (Å²) in [7, 11) is -0.799. The molecule has 0 saturated carbocycles. The first kappa shape index (κ1) is 24.2. The normalized spacial score (nSPS) is 11.3. The molecule has 0 aliphatic carbocycles. The molecule has 0 heterocycles. The minimum Gasteiger partial charge on any atom is -0.493 e. The lowest BCUT2D eigenvalue weighted by Crippen LogP contribution is -2.15. The summed E-state index contributed by atoms with van der Waals surface area (Å²) in [4.78, 5) is 12.5. The summed E-state index contributed by atoms with van der Waals surface area (Å²) in [6, 6.07) is 16.3. The third-order valence-electron chi connectivity index (χ3n) is 4.68. The van der Waals surface area contributed by atoms with E-state index in [9.17, 15) is 13.2 Å². The minimum absolute atomic E-state index is 0.0547. The molecule has 3 rings (SSSR count). The van der Waals surface area contributed by atoms with Crippen molar-refractivity contribution in [3.8, 4) is 11.5 Å². The summed E-state index contributed by atoms with van der Waals surface area (Å²) in [6.45, 7) is 1.68. The summed E-state index contributed by atoms with van der Waals surface area (Å²) in [5.41, 5.74) is 2.00. The van der Waals surface area contributed by atoms with E-state index in [4.69, 9.17) is 21.1 Å². The van der Waals surface area contributed by atoms with Crippen molar-refractivity contribution in [2.45, 2.75) is 11.8 Å². The Bertz CT molecular complexity index is 1290. The van der Waals surface area contributed by atoms with Crippen molar-refractivity contribution < 1.29 is 22.7 Å². The first-order valence-corrected chi connectivity index (χ1v) is 11.7. The molecular formula is C24H23ClN2O5S. The maximum atomic E-state index is 12.9. The minimum atomic E-state index is -3.87. The average Bonchev–Trinajstić information content (AvgIpc) is 2.80. The second-order valence-electron chi connectivity index (χ2n) is 7.03. The number of carbonyl (C=O) groups is 1. The molecule has 0 unspecified atom stereocenters. The van der Waals surface area contributed by atoms with Crippen LogP contribution in [-0.2, 0) is 14.8 Å². The number of hydrogen-bond acceptors (Lipinski definition) is 5. The maximum Gasteiger partial charge on any atom is 0.262 e. The highest BCUT2D eigenvalue weighted by atomic mass is 35.5. The quantitative estimate of drug-likeness (QED) is 0.431. The van der Waals surface area contributed by atoms with Crippen molar-refractivity contribution in [1.82, 2.24) is 0 Å². The predicted octanol–water partition coefficient (Wildman–Crippen LogP) is 5.12. The molecule has 0 aliphatic heterocycles. The highest BCUT2D eigenvalue weighted by Crippen LogP contribution is 2.28. The van der Waals surface area contributed by atoms with Crippen LogP contribution in [0.4, 0.5) is 11.4 Å². The van der Waals surface area contributed by atoms with Crippen molar-refractivity contribution in [2.24, 2.45) is 0 Å². The maximum absolute atomic E-state index is 12.9. The Morgan fingerprint density at radius 1 is 0.909 bits per heavy atom. The van der Waals surface area contributed by atoms with Gasteiger partial charge < -0.3 is 14.8 Å². The monoisotopic (exact) mass is 486 g/mol. The molecule has 0 bridgehead atoms. The molecule has 3 aromatic carbocycles. The highest BCUT2D eigenvalue weighted by molar-refractivity contribution is 7.92. The topological polar surface area (TPSA) is 93.7 Å². The van der Waals surface area contributed by atoms with Crippen LogP contribution in [0.3, 0.4) is 0 Å². The van der Waals surface area contributed by atoms with E-state index < -0.39 is 15.9 Å². The van der Waals surface area contributed by atoms with Crippen LogP contribution in [0.5, 0.6) is 11.5 Å². The number of aryl methyl sites for hydroxylation is 1.